The standard InChI is InChI=1S/C22H21FN8O2S/c1-12-19(13(2)31(4)28-12)18-8-14(29-34(32,33)15-9-27-30(3)10-15)7-17(20(18)23)16-5-6-24-22-21(16)25-11-26-22/h5-11,29H,1-4H3,(H,24,25,26). The van der Waals surface area contributed by atoms with Crippen LogP contribution in [0.5, 0.6) is 0 Å². The molecule has 0 amide bonds. The number of anilines is 1. The van der Waals surface area contributed by atoms with E-state index in [-0.39, 0.29) is 21.7 Å². The predicted octanol–water partition coefficient (Wildman–Crippen LogP) is 3.32. The maximum absolute atomic E-state index is 16.1. The summed E-state index contributed by atoms with van der Waals surface area (Å²) >= 11 is 0. The van der Waals surface area contributed by atoms with Crippen LogP contribution in [0.1, 0.15) is 11.4 Å². The molecule has 4 heterocycles. The molecule has 0 atom stereocenters. The van der Waals surface area contributed by atoms with E-state index in [0.717, 1.165) is 5.69 Å². The van der Waals surface area contributed by atoms with Gasteiger partial charge in [0.2, 0.25) is 0 Å². The number of hydrogen-bond donors (Lipinski definition) is 2. The van der Waals surface area contributed by atoms with Gasteiger partial charge >= 0.3 is 0 Å². The molecule has 0 saturated heterocycles. The zero-order chi connectivity index (χ0) is 24.2. The van der Waals surface area contributed by atoms with E-state index in [9.17, 15) is 8.42 Å². The molecule has 0 aliphatic rings. The Bertz CT molecular complexity index is 1670. The van der Waals surface area contributed by atoms with Crippen LogP contribution in [-0.4, -0.2) is 42.9 Å². The molecule has 0 spiro atoms. The Morgan fingerprint density at radius 2 is 1.85 bits per heavy atom. The number of pyridine rings is 1. The summed E-state index contributed by atoms with van der Waals surface area (Å²) in [5, 5.41) is 8.33. The second-order valence-corrected chi connectivity index (χ2v) is 9.65. The van der Waals surface area contributed by atoms with Crippen LogP contribution in [0.3, 0.4) is 0 Å². The minimum atomic E-state index is -3.96. The van der Waals surface area contributed by atoms with Crippen molar-refractivity contribution in [2.75, 3.05) is 4.72 Å². The number of aromatic nitrogens is 7. The third-order valence-corrected chi connectivity index (χ3v) is 7.05. The van der Waals surface area contributed by atoms with Gasteiger partial charge in [-0.1, -0.05) is 0 Å². The van der Waals surface area contributed by atoms with E-state index in [2.05, 4.69) is 29.9 Å². The van der Waals surface area contributed by atoms with Gasteiger partial charge in [0, 0.05) is 54.4 Å². The number of aryl methyl sites for hydroxylation is 3. The molecule has 0 saturated carbocycles. The summed E-state index contributed by atoms with van der Waals surface area (Å²) in [4.78, 5) is 11.3. The highest BCUT2D eigenvalue weighted by atomic mass is 32.2. The fourth-order valence-corrected chi connectivity index (χ4v) is 5.07. The highest BCUT2D eigenvalue weighted by Gasteiger charge is 2.24. The van der Waals surface area contributed by atoms with Crippen LogP contribution in [0, 0.1) is 19.7 Å². The first-order valence-corrected chi connectivity index (χ1v) is 11.8. The number of halogens is 1. The van der Waals surface area contributed by atoms with Gasteiger partial charge in [0.1, 0.15) is 10.7 Å². The van der Waals surface area contributed by atoms with Crippen LogP contribution in [0.25, 0.3) is 33.4 Å². The smallest absolute Gasteiger partial charge is 0.265 e. The number of nitrogens with zero attached hydrogens (tertiary/aromatic N) is 6. The summed E-state index contributed by atoms with van der Waals surface area (Å²) < 4.78 is 47.7. The molecular formula is C22H21FN8O2S. The van der Waals surface area contributed by atoms with E-state index in [1.54, 1.807) is 31.8 Å². The van der Waals surface area contributed by atoms with Crippen molar-refractivity contribution in [3.05, 3.63) is 60.3 Å². The molecule has 0 fully saturated rings. The molecule has 2 N–H and O–H groups in total. The average Bonchev–Trinajstić information content (AvgIpc) is 3.49. The van der Waals surface area contributed by atoms with Gasteiger partial charge in [0.05, 0.1) is 29.4 Å². The molecule has 0 aliphatic heterocycles. The molecule has 4 aromatic heterocycles. The van der Waals surface area contributed by atoms with Crippen molar-refractivity contribution < 1.29 is 12.8 Å². The lowest BCUT2D eigenvalue weighted by Crippen LogP contribution is -2.13. The van der Waals surface area contributed by atoms with Crippen LogP contribution in [-0.2, 0) is 24.1 Å². The van der Waals surface area contributed by atoms with Crippen molar-refractivity contribution in [1.29, 1.82) is 0 Å². The molecule has 10 nitrogen and oxygen atoms in total. The summed E-state index contributed by atoms with van der Waals surface area (Å²) in [6, 6.07) is 4.60. The van der Waals surface area contributed by atoms with Gasteiger partial charge in [0.15, 0.2) is 5.65 Å². The van der Waals surface area contributed by atoms with Crippen molar-refractivity contribution in [2.45, 2.75) is 18.7 Å². The lowest BCUT2D eigenvalue weighted by atomic mass is 9.96. The van der Waals surface area contributed by atoms with Gasteiger partial charge in [-0.25, -0.2) is 22.8 Å². The normalized spacial score (nSPS) is 11.9. The van der Waals surface area contributed by atoms with Crippen molar-refractivity contribution >= 4 is 26.9 Å². The lowest BCUT2D eigenvalue weighted by molar-refractivity contribution is 0.601. The largest absolute Gasteiger partial charge is 0.343 e. The van der Waals surface area contributed by atoms with Gasteiger partial charge < -0.3 is 4.98 Å². The van der Waals surface area contributed by atoms with Crippen molar-refractivity contribution in [1.82, 2.24) is 34.5 Å². The number of fused-ring (bicyclic) bond motifs is 1. The second kappa shape index (κ2) is 7.76. The number of hydrogen-bond acceptors (Lipinski definition) is 6. The first-order chi connectivity index (χ1) is 16.2. The molecule has 12 heteroatoms. The van der Waals surface area contributed by atoms with Crippen molar-refractivity contribution in [3.63, 3.8) is 0 Å². The Labute approximate surface area is 194 Å². The first-order valence-electron chi connectivity index (χ1n) is 10.3. The maximum Gasteiger partial charge on any atom is 0.265 e. The maximum atomic E-state index is 16.1. The quantitative estimate of drug-likeness (QED) is 0.398. The number of imidazole rings is 1. The molecule has 34 heavy (non-hydrogen) atoms. The molecule has 5 rings (SSSR count). The summed E-state index contributed by atoms with van der Waals surface area (Å²) in [7, 11) is -0.559. The summed E-state index contributed by atoms with van der Waals surface area (Å²) in [5.41, 5.74) is 4.06. The molecule has 0 radical (unpaired) electrons. The Kier molecular flexibility index (Phi) is 4.97. The first kappa shape index (κ1) is 21.8. The van der Waals surface area contributed by atoms with Crippen LogP contribution in [0.4, 0.5) is 10.1 Å². The molecule has 0 bridgehead atoms. The summed E-state index contributed by atoms with van der Waals surface area (Å²) in [6.07, 6.45) is 5.65. The predicted molar refractivity (Wildman–Crippen MR) is 125 cm³/mol. The van der Waals surface area contributed by atoms with Crippen LogP contribution in [0.15, 0.2) is 48.0 Å². The van der Waals surface area contributed by atoms with Crippen molar-refractivity contribution in [3.8, 4) is 22.3 Å². The van der Waals surface area contributed by atoms with E-state index >= 15 is 4.39 Å². The minimum absolute atomic E-state index is 0.00367. The monoisotopic (exact) mass is 480 g/mol. The van der Waals surface area contributed by atoms with Gasteiger partial charge in [-0.15, -0.1) is 0 Å². The minimum Gasteiger partial charge on any atom is -0.343 e. The van der Waals surface area contributed by atoms with E-state index < -0.39 is 15.8 Å². The number of aromatic amines is 1. The SMILES string of the molecule is Cc1nn(C)c(C)c1-c1cc(NS(=O)(=O)c2cnn(C)c2)cc(-c2ccnc3nc[nH]c23)c1F. The summed E-state index contributed by atoms with van der Waals surface area (Å²) in [5.74, 6) is -0.509. The molecule has 5 aromatic rings. The Hall–Kier alpha value is -4.06. The van der Waals surface area contributed by atoms with E-state index in [0.29, 0.717) is 28.0 Å². The van der Waals surface area contributed by atoms with E-state index in [1.165, 1.54) is 41.7 Å². The fraction of sp³-hybridized carbons (Fsp3) is 0.182. The lowest BCUT2D eigenvalue weighted by Gasteiger charge is -2.15. The third kappa shape index (κ3) is 3.52. The van der Waals surface area contributed by atoms with Crippen LogP contribution in [0.2, 0.25) is 0 Å². The molecule has 1 aromatic carbocycles. The number of nitrogens with one attached hydrogen (secondary N) is 2. The van der Waals surface area contributed by atoms with Gasteiger partial charge in [-0.05, 0) is 32.0 Å². The average molecular weight is 481 g/mol. The molecular weight excluding hydrogens is 459 g/mol. The number of rotatable bonds is 5. The number of H-pyrrole nitrogens is 1. The highest BCUT2D eigenvalue weighted by Crippen LogP contribution is 2.39. The van der Waals surface area contributed by atoms with Crippen LogP contribution < -0.4 is 4.72 Å². The Balaban J connectivity index is 1.76. The van der Waals surface area contributed by atoms with Crippen LogP contribution >= 0.6 is 0 Å². The number of benzene rings is 1. The fourth-order valence-electron chi connectivity index (χ4n) is 4.05. The van der Waals surface area contributed by atoms with Gasteiger partial charge in [-0.2, -0.15) is 10.2 Å². The molecule has 174 valence electrons. The Morgan fingerprint density at radius 3 is 2.53 bits per heavy atom. The topological polar surface area (TPSA) is 123 Å². The van der Waals surface area contributed by atoms with E-state index in [4.69, 9.17) is 0 Å². The molecule has 0 aliphatic carbocycles. The zero-order valence-corrected chi connectivity index (χ0v) is 19.6. The zero-order valence-electron chi connectivity index (χ0n) is 18.8. The molecule has 0 unspecified atom stereocenters. The Morgan fingerprint density at radius 1 is 1.09 bits per heavy atom. The van der Waals surface area contributed by atoms with E-state index in [1.807, 2.05) is 6.92 Å². The second-order valence-electron chi connectivity index (χ2n) is 7.97. The third-order valence-electron chi connectivity index (χ3n) is 5.71. The highest BCUT2D eigenvalue weighted by molar-refractivity contribution is 7.92. The number of sulfonamides is 1. The summed E-state index contributed by atoms with van der Waals surface area (Å²) in [6.45, 7) is 3.62. The van der Waals surface area contributed by atoms with Crippen molar-refractivity contribution in [2.24, 2.45) is 14.1 Å². The van der Waals surface area contributed by atoms with Gasteiger partial charge in [0.25, 0.3) is 10.0 Å². The van der Waals surface area contributed by atoms with Gasteiger partial charge in [-0.3, -0.25) is 14.1 Å².